The quantitative estimate of drug-likeness (QED) is 0.152. The van der Waals surface area contributed by atoms with Crippen LogP contribution in [0.2, 0.25) is 0 Å². The number of rotatable bonds is 8. The Kier molecular flexibility index (Phi) is 8.55. The first-order chi connectivity index (χ1) is 27.8. The summed E-state index contributed by atoms with van der Waals surface area (Å²) in [7, 11) is 0. The second-order valence-electron chi connectivity index (χ2n) is 14.2. The van der Waals surface area contributed by atoms with Gasteiger partial charge in [0.2, 0.25) is 0 Å². The van der Waals surface area contributed by atoms with Gasteiger partial charge in [-0.1, -0.05) is 170 Å². The molecule has 2 nitrogen and oxygen atoms in total. The average molecular weight is 715 g/mol. The number of benzene rings is 9. The Morgan fingerprint density at radius 3 is 1.18 bits per heavy atom. The van der Waals surface area contributed by atoms with Gasteiger partial charge in [0.05, 0.1) is 16.7 Å². The molecule has 56 heavy (non-hydrogen) atoms. The fourth-order valence-electron chi connectivity index (χ4n) is 8.06. The minimum atomic E-state index is 1.08. The molecule has 10 aromatic rings. The third-order valence-electron chi connectivity index (χ3n) is 10.8. The summed E-state index contributed by atoms with van der Waals surface area (Å²) >= 11 is 0. The van der Waals surface area contributed by atoms with Crippen molar-refractivity contribution in [2.45, 2.75) is 0 Å². The summed E-state index contributed by atoms with van der Waals surface area (Å²) < 4.78 is 2.38. The van der Waals surface area contributed by atoms with Crippen molar-refractivity contribution in [1.82, 2.24) is 4.57 Å². The van der Waals surface area contributed by atoms with Crippen molar-refractivity contribution >= 4 is 38.9 Å². The van der Waals surface area contributed by atoms with Gasteiger partial charge in [-0.2, -0.15) is 0 Å². The van der Waals surface area contributed by atoms with Gasteiger partial charge in [0.1, 0.15) is 0 Å². The van der Waals surface area contributed by atoms with Crippen LogP contribution in [0.1, 0.15) is 0 Å². The van der Waals surface area contributed by atoms with Crippen LogP contribution in [0.5, 0.6) is 0 Å². The van der Waals surface area contributed by atoms with Crippen LogP contribution in [0.25, 0.3) is 72.0 Å². The van der Waals surface area contributed by atoms with Crippen LogP contribution in [0.15, 0.2) is 231 Å². The first kappa shape index (κ1) is 33.2. The van der Waals surface area contributed by atoms with Gasteiger partial charge in [0.25, 0.3) is 0 Å². The predicted octanol–water partition coefficient (Wildman–Crippen LogP) is 14.9. The Labute approximate surface area is 327 Å². The lowest BCUT2D eigenvalue weighted by Crippen LogP contribution is -2.11. The highest BCUT2D eigenvalue weighted by Gasteiger charge is 2.20. The molecule has 2 heteroatoms. The van der Waals surface area contributed by atoms with Gasteiger partial charge >= 0.3 is 0 Å². The maximum atomic E-state index is 2.40. The fraction of sp³-hybridized carbons (Fsp3) is 0. The molecule has 1 heterocycles. The van der Waals surface area contributed by atoms with Crippen molar-refractivity contribution in [2.75, 3.05) is 4.90 Å². The SMILES string of the molecule is c1ccc(-c2ccc(-c3ccc(N(c4ccc(-n5c6ccccc6c6ccccc65)cc4)c4ccc(-c5ccccc5)cc4-c4ccccc4)cc3)cc2)cc1. The molecule has 0 aliphatic carbocycles. The maximum Gasteiger partial charge on any atom is 0.0541 e. The Bertz CT molecular complexity index is 2860. The van der Waals surface area contributed by atoms with E-state index in [-0.39, 0.29) is 0 Å². The monoisotopic (exact) mass is 714 g/mol. The van der Waals surface area contributed by atoms with E-state index in [9.17, 15) is 0 Å². The van der Waals surface area contributed by atoms with Gasteiger partial charge in [-0.3, -0.25) is 0 Å². The van der Waals surface area contributed by atoms with Gasteiger partial charge in [0.15, 0.2) is 0 Å². The minimum Gasteiger partial charge on any atom is -0.310 e. The number of hydrogen-bond acceptors (Lipinski definition) is 1. The molecule has 10 rings (SSSR count). The Morgan fingerprint density at radius 2 is 0.661 bits per heavy atom. The summed E-state index contributed by atoms with van der Waals surface area (Å²) in [5, 5.41) is 2.52. The molecule has 1 aromatic heterocycles. The molecule has 0 N–H and O–H groups in total. The molecule has 0 amide bonds. The lowest BCUT2D eigenvalue weighted by atomic mass is 9.96. The van der Waals surface area contributed by atoms with Crippen LogP contribution in [-0.4, -0.2) is 4.57 Å². The molecule has 0 unspecified atom stereocenters. The highest BCUT2D eigenvalue weighted by molar-refractivity contribution is 6.09. The third-order valence-corrected chi connectivity index (χ3v) is 10.8. The van der Waals surface area contributed by atoms with Crippen LogP contribution in [-0.2, 0) is 0 Å². The van der Waals surface area contributed by atoms with Gasteiger partial charge in [0, 0.05) is 33.4 Å². The molecule has 264 valence electrons. The van der Waals surface area contributed by atoms with Crippen LogP contribution < -0.4 is 4.90 Å². The summed E-state index contributed by atoms with van der Waals surface area (Å²) in [4.78, 5) is 2.40. The van der Waals surface area contributed by atoms with E-state index in [4.69, 9.17) is 0 Å². The number of fused-ring (bicyclic) bond motifs is 3. The van der Waals surface area contributed by atoms with E-state index in [0.717, 1.165) is 22.7 Å². The number of para-hydroxylation sites is 2. The Hall–Kier alpha value is -7.42. The number of nitrogens with zero attached hydrogens (tertiary/aromatic N) is 2. The number of aromatic nitrogens is 1. The van der Waals surface area contributed by atoms with E-state index in [0.29, 0.717) is 0 Å². The van der Waals surface area contributed by atoms with E-state index in [1.807, 2.05) is 0 Å². The zero-order valence-electron chi connectivity index (χ0n) is 30.8. The van der Waals surface area contributed by atoms with E-state index >= 15 is 0 Å². The highest BCUT2D eigenvalue weighted by Crippen LogP contribution is 2.44. The van der Waals surface area contributed by atoms with Gasteiger partial charge in [-0.25, -0.2) is 0 Å². The Morgan fingerprint density at radius 1 is 0.286 bits per heavy atom. The molecule has 0 radical (unpaired) electrons. The summed E-state index contributed by atoms with van der Waals surface area (Å²) in [5.41, 5.74) is 16.3. The van der Waals surface area contributed by atoms with E-state index in [1.165, 1.54) is 66.3 Å². The summed E-state index contributed by atoms with van der Waals surface area (Å²) in [6.07, 6.45) is 0. The first-order valence-electron chi connectivity index (χ1n) is 19.2. The molecule has 9 aromatic carbocycles. The molecule has 0 spiro atoms. The molecule has 0 saturated carbocycles. The first-order valence-corrected chi connectivity index (χ1v) is 19.2. The topological polar surface area (TPSA) is 8.17 Å². The Balaban J connectivity index is 1.10. The molecular weight excluding hydrogens is 677 g/mol. The number of anilines is 3. The molecule has 0 fully saturated rings. The van der Waals surface area contributed by atoms with Crippen molar-refractivity contribution in [1.29, 1.82) is 0 Å². The van der Waals surface area contributed by atoms with E-state index in [2.05, 4.69) is 240 Å². The van der Waals surface area contributed by atoms with Crippen molar-refractivity contribution in [3.8, 4) is 50.2 Å². The molecular formula is C54H38N2. The predicted molar refractivity (Wildman–Crippen MR) is 237 cm³/mol. The van der Waals surface area contributed by atoms with Gasteiger partial charge in [-0.05, 0) is 99.6 Å². The van der Waals surface area contributed by atoms with Crippen molar-refractivity contribution < 1.29 is 0 Å². The van der Waals surface area contributed by atoms with E-state index < -0.39 is 0 Å². The molecule has 0 aliphatic rings. The van der Waals surface area contributed by atoms with Crippen molar-refractivity contribution in [2.24, 2.45) is 0 Å². The summed E-state index contributed by atoms with van der Waals surface area (Å²) in [5.74, 6) is 0. The van der Waals surface area contributed by atoms with Gasteiger partial charge < -0.3 is 9.47 Å². The number of hydrogen-bond donors (Lipinski definition) is 0. The molecule has 0 aliphatic heterocycles. The maximum absolute atomic E-state index is 2.40. The zero-order valence-corrected chi connectivity index (χ0v) is 30.8. The zero-order chi connectivity index (χ0) is 37.3. The average Bonchev–Trinajstić information content (AvgIpc) is 3.62. The van der Waals surface area contributed by atoms with Crippen LogP contribution in [0.3, 0.4) is 0 Å². The lowest BCUT2D eigenvalue weighted by Gasteiger charge is -2.29. The van der Waals surface area contributed by atoms with Crippen molar-refractivity contribution in [3.63, 3.8) is 0 Å². The van der Waals surface area contributed by atoms with Crippen LogP contribution in [0.4, 0.5) is 17.1 Å². The van der Waals surface area contributed by atoms with Gasteiger partial charge in [-0.15, -0.1) is 0 Å². The molecule has 0 saturated heterocycles. The molecule has 0 bridgehead atoms. The largest absolute Gasteiger partial charge is 0.310 e. The standard InChI is InChI=1S/C54H38N2/c1-4-14-39(15-5-1)41-24-26-42(27-25-41)43-28-31-46(32-29-43)55(54-37-30-45(40-16-6-2-7-17-40)38-51(54)44-18-8-3-9-19-44)47-33-35-48(36-34-47)56-52-22-12-10-20-49(52)50-21-11-13-23-53(50)56/h1-38H. The van der Waals surface area contributed by atoms with E-state index in [1.54, 1.807) is 0 Å². The fourth-order valence-corrected chi connectivity index (χ4v) is 8.06. The second kappa shape index (κ2) is 14.4. The smallest absolute Gasteiger partial charge is 0.0541 e. The highest BCUT2D eigenvalue weighted by atomic mass is 15.1. The minimum absolute atomic E-state index is 1.08. The summed E-state index contributed by atoms with van der Waals surface area (Å²) in [6, 6.07) is 83.0. The van der Waals surface area contributed by atoms with Crippen LogP contribution in [0, 0.1) is 0 Å². The normalized spacial score (nSPS) is 11.2. The summed E-state index contributed by atoms with van der Waals surface area (Å²) in [6.45, 7) is 0. The van der Waals surface area contributed by atoms with Crippen LogP contribution >= 0.6 is 0 Å². The van der Waals surface area contributed by atoms with Crippen molar-refractivity contribution in [3.05, 3.63) is 231 Å². The molecule has 0 atom stereocenters. The second-order valence-corrected chi connectivity index (χ2v) is 14.2. The lowest BCUT2D eigenvalue weighted by molar-refractivity contribution is 1.17. The third kappa shape index (κ3) is 6.14.